The van der Waals surface area contributed by atoms with Gasteiger partial charge in [-0.3, -0.25) is 9.69 Å². The van der Waals surface area contributed by atoms with Gasteiger partial charge in [0.25, 0.3) is 5.91 Å². The monoisotopic (exact) mass is 374 g/mol. The molecular weight excluding hydrogens is 344 g/mol. The number of hydrogen-bond acceptors (Lipinski definition) is 5. The molecule has 1 saturated heterocycles. The molecule has 26 heavy (non-hydrogen) atoms. The molecule has 2 aliphatic rings. The highest BCUT2D eigenvalue weighted by Gasteiger charge is 2.46. The van der Waals surface area contributed by atoms with Crippen LogP contribution in [0.4, 0.5) is 0 Å². The van der Waals surface area contributed by atoms with E-state index in [1.54, 1.807) is 16.8 Å². The van der Waals surface area contributed by atoms with Gasteiger partial charge in [0.15, 0.2) is 0 Å². The van der Waals surface area contributed by atoms with Crippen LogP contribution >= 0.6 is 11.8 Å². The Hall–Kier alpha value is -1.37. The third-order valence-electron chi connectivity index (χ3n) is 5.22. The SMILES string of the molecule is CSc1ccc(C2=NN(CC(C)C)C(=O)C(C)(N3CCNCC3)C2)cc1. The van der Waals surface area contributed by atoms with Crippen LogP contribution in [0.3, 0.4) is 0 Å². The number of carbonyl (C=O) groups excluding carboxylic acids is 1. The first-order valence-electron chi connectivity index (χ1n) is 9.43. The van der Waals surface area contributed by atoms with Gasteiger partial charge in [-0.15, -0.1) is 11.8 Å². The van der Waals surface area contributed by atoms with Gasteiger partial charge in [-0.2, -0.15) is 5.10 Å². The number of nitrogens with zero attached hydrogens (tertiary/aromatic N) is 3. The summed E-state index contributed by atoms with van der Waals surface area (Å²) in [6.07, 6.45) is 2.75. The van der Waals surface area contributed by atoms with Gasteiger partial charge in [-0.1, -0.05) is 26.0 Å². The van der Waals surface area contributed by atoms with Gasteiger partial charge >= 0.3 is 0 Å². The Morgan fingerprint density at radius 3 is 2.46 bits per heavy atom. The highest BCUT2D eigenvalue weighted by atomic mass is 32.2. The fourth-order valence-electron chi connectivity index (χ4n) is 3.72. The number of hydrazone groups is 1. The summed E-state index contributed by atoms with van der Waals surface area (Å²) in [6, 6.07) is 8.53. The van der Waals surface area contributed by atoms with Gasteiger partial charge in [0.05, 0.1) is 5.71 Å². The Morgan fingerprint density at radius 1 is 1.23 bits per heavy atom. The number of benzene rings is 1. The summed E-state index contributed by atoms with van der Waals surface area (Å²) in [5, 5.41) is 9.87. The van der Waals surface area contributed by atoms with Gasteiger partial charge in [-0.05, 0) is 36.8 Å². The van der Waals surface area contributed by atoms with E-state index in [-0.39, 0.29) is 5.91 Å². The van der Waals surface area contributed by atoms with Gasteiger partial charge in [0, 0.05) is 44.0 Å². The van der Waals surface area contributed by atoms with Crippen molar-refractivity contribution in [1.82, 2.24) is 15.2 Å². The minimum absolute atomic E-state index is 0.137. The number of nitrogens with one attached hydrogen (secondary N) is 1. The summed E-state index contributed by atoms with van der Waals surface area (Å²) in [7, 11) is 0. The Balaban J connectivity index is 1.95. The van der Waals surface area contributed by atoms with Crippen molar-refractivity contribution >= 4 is 23.4 Å². The number of carbonyl (C=O) groups is 1. The molecule has 1 fully saturated rings. The molecule has 0 aromatic heterocycles. The molecule has 0 radical (unpaired) electrons. The summed E-state index contributed by atoms with van der Waals surface area (Å²) in [5.74, 6) is 0.519. The maximum atomic E-state index is 13.3. The summed E-state index contributed by atoms with van der Waals surface area (Å²) in [5.41, 5.74) is 1.61. The minimum atomic E-state index is -0.522. The van der Waals surface area contributed by atoms with Crippen molar-refractivity contribution in [3.05, 3.63) is 29.8 Å². The number of rotatable bonds is 5. The lowest BCUT2D eigenvalue weighted by Gasteiger charge is -2.46. The average molecular weight is 375 g/mol. The lowest BCUT2D eigenvalue weighted by atomic mass is 9.86. The smallest absolute Gasteiger partial charge is 0.263 e. The minimum Gasteiger partial charge on any atom is -0.314 e. The molecule has 1 aromatic carbocycles. The maximum Gasteiger partial charge on any atom is 0.263 e. The van der Waals surface area contributed by atoms with E-state index in [0.717, 1.165) is 37.5 Å². The van der Waals surface area contributed by atoms with Gasteiger partial charge in [0.1, 0.15) is 5.54 Å². The third kappa shape index (κ3) is 3.97. The number of amides is 1. The lowest BCUT2D eigenvalue weighted by Crippen LogP contribution is -2.64. The average Bonchev–Trinajstić information content (AvgIpc) is 2.66. The molecule has 0 bridgehead atoms. The van der Waals surface area contributed by atoms with Crippen molar-refractivity contribution in [3.63, 3.8) is 0 Å². The van der Waals surface area contributed by atoms with Crippen molar-refractivity contribution in [1.29, 1.82) is 0 Å². The molecule has 1 unspecified atom stereocenters. The number of thioether (sulfide) groups is 1. The first-order valence-corrected chi connectivity index (χ1v) is 10.7. The van der Waals surface area contributed by atoms with Crippen molar-refractivity contribution < 1.29 is 4.79 Å². The van der Waals surface area contributed by atoms with E-state index in [4.69, 9.17) is 5.10 Å². The highest BCUT2D eigenvalue weighted by Crippen LogP contribution is 2.31. The van der Waals surface area contributed by atoms with Crippen LogP contribution < -0.4 is 5.32 Å². The first kappa shape index (κ1) is 19.4. The van der Waals surface area contributed by atoms with Crippen molar-refractivity contribution in [2.24, 2.45) is 11.0 Å². The topological polar surface area (TPSA) is 47.9 Å². The molecule has 3 rings (SSSR count). The van der Waals surface area contributed by atoms with Crippen LogP contribution in [-0.4, -0.2) is 66.0 Å². The fourth-order valence-corrected chi connectivity index (χ4v) is 4.13. The predicted octanol–water partition coefficient (Wildman–Crippen LogP) is 2.66. The standard InChI is InChI=1S/C20H30N4OS/c1-15(2)14-24-19(25)20(3,23-11-9-21-10-12-23)13-18(22-24)16-5-7-17(26-4)8-6-16/h5-8,15,21H,9-14H2,1-4H3. The van der Waals surface area contributed by atoms with Crippen molar-refractivity contribution in [3.8, 4) is 0 Å². The fraction of sp³-hybridized carbons (Fsp3) is 0.600. The van der Waals surface area contributed by atoms with E-state index in [1.807, 2.05) is 0 Å². The lowest BCUT2D eigenvalue weighted by molar-refractivity contribution is -0.145. The molecule has 2 heterocycles. The third-order valence-corrected chi connectivity index (χ3v) is 5.97. The molecule has 0 spiro atoms. The molecular formula is C20H30N4OS. The van der Waals surface area contributed by atoms with Crippen LogP contribution in [0, 0.1) is 5.92 Å². The molecule has 5 nitrogen and oxygen atoms in total. The Morgan fingerprint density at radius 2 is 1.88 bits per heavy atom. The summed E-state index contributed by atoms with van der Waals surface area (Å²) < 4.78 is 0. The van der Waals surface area contributed by atoms with Crippen LogP contribution in [0.5, 0.6) is 0 Å². The summed E-state index contributed by atoms with van der Waals surface area (Å²) in [6.45, 7) is 10.7. The van der Waals surface area contributed by atoms with Crippen LogP contribution in [-0.2, 0) is 4.79 Å². The van der Waals surface area contributed by atoms with Crippen molar-refractivity contribution in [2.45, 2.75) is 37.6 Å². The van der Waals surface area contributed by atoms with Crippen LogP contribution in [0.1, 0.15) is 32.8 Å². The van der Waals surface area contributed by atoms with Gasteiger partial charge < -0.3 is 5.32 Å². The van der Waals surface area contributed by atoms with Crippen LogP contribution in [0.25, 0.3) is 0 Å². The zero-order valence-electron chi connectivity index (χ0n) is 16.3. The highest BCUT2D eigenvalue weighted by molar-refractivity contribution is 7.98. The Kier molecular flexibility index (Phi) is 6.05. The molecule has 1 aromatic rings. The Bertz CT molecular complexity index is 667. The van der Waals surface area contributed by atoms with E-state index in [9.17, 15) is 4.79 Å². The maximum absolute atomic E-state index is 13.3. The molecule has 2 aliphatic heterocycles. The molecule has 0 saturated carbocycles. The van der Waals surface area contributed by atoms with Crippen LogP contribution in [0.2, 0.25) is 0 Å². The van der Waals surface area contributed by atoms with E-state index < -0.39 is 5.54 Å². The second-order valence-electron chi connectivity index (χ2n) is 7.74. The van der Waals surface area contributed by atoms with Gasteiger partial charge in [-0.25, -0.2) is 5.01 Å². The summed E-state index contributed by atoms with van der Waals surface area (Å²) >= 11 is 1.74. The largest absolute Gasteiger partial charge is 0.314 e. The molecule has 1 N–H and O–H groups in total. The quantitative estimate of drug-likeness (QED) is 0.805. The van der Waals surface area contributed by atoms with Gasteiger partial charge in [0.2, 0.25) is 0 Å². The Labute approximate surface area is 161 Å². The predicted molar refractivity (Wildman–Crippen MR) is 109 cm³/mol. The second kappa shape index (κ2) is 8.11. The zero-order valence-corrected chi connectivity index (χ0v) is 17.1. The second-order valence-corrected chi connectivity index (χ2v) is 8.62. The molecule has 1 atom stereocenters. The normalized spacial score (nSPS) is 24.9. The number of hydrogen-bond donors (Lipinski definition) is 1. The van der Waals surface area contributed by atoms with Crippen LogP contribution in [0.15, 0.2) is 34.3 Å². The van der Waals surface area contributed by atoms with Crippen molar-refractivity contribution in [2.75, 3.05) is 39.0 Å². The van der Waals surface area contributed by atoms with E-state index in [2.05, 4.69) is 61.5 Å². The van der Waals surface area contributed by atoms with E-state index in [1.165, 1.54) is 4.90 Å². The zero-order chi connectivity index (χ0) is 18.7. The van der Waals surface area contributed by atoms with E-state index in [0.29, 0.717) is 18.9 Å². The summed E-state index contributed by atoms with van der Waals surface area (Å²) in [4.78, 5) is 16.9. The first-order chi connectivity index (χ1) is 12.4. The number of piperazine rings is 1. The molecule has 1 amide bonds. The molecule has 142 valence electrons. The molecule has 6 heteroatoms. The van der Waals surface area contributed by atoms with E-state index >= 15 is 0 Å². The molecule has 0 aliphatic carbocycles.